The first-order valence-corrected chi connectivity index (χ1v) is 12.1. The summed E-state index contributed by atoms with van der Waals surface area (Å²) in [5.41, 5.74) is -3.60. The van der Waals surface area contributed by atoms with Gasteiger partial charge in [0.05, 0.1) is 37.9 Å². The molecule has 2 saturated heterocycles. The maximum atomic E-state index is 13.3. The van der Waals surface area contributed by atoms with Crippen LogP contribution in [0.3, 0.4) is 0 Å². The van der Waals surface area contributed by atoms with Gasteiger partial charge in [0, 0.05) is 12.1 Å². The number of hydrogen-bond donors (Lipinski definition) is 9. The van der Waals surface area contributed by atoms with Gasteiger partial charge in [0.2, 0.25) is 5.43 Å². The molecule has 8 atom stereocenters. The largest absolute Gasteiger partial charge is 0.507 e. The molecule has 3 heterocycles. The third-order valence-corrected chi connectivity index (χ3v) is 7.26. The van der Waals surface area contributed by atoms with Crippen molar-refractivity contribution in [1.29, 1.82) is 0 Å². The summed E-state index contributed by atoms with van der Waals surface area (Å²) in [4.78, 5) is 13.3. The zero-order valence-corrected chi connectivity index (χ0v) is 20.9. The SMILES string of the molecule is COc1cc2c(=O)c3c(O)c([C@H]4O[C@H](CO[C@H]5OC[C@@](O)(CO)[C@H]5O)[C@@H](O)[C@@H](O)[C@H]4O)c(O)cc3oc2cc1O. The van der Waals surface area contributed by atoms with Gasteiger partial charge in [-0.15, -0.1) is 0 Å². The van der Waals surface area contributed by atoms with Crippen LogP contribution in [0.25, 0.3) is 21.9 Å². The van der Waals surface area contributed by atoms with Crippen LogP contribution in [0.4, 0.5) is 0 Å². The fraction of sp³-hybridized carbons (Fsp3) is 0.480. The lowest BCUT2D eigenvalue weighted by molar-refractivity contribution is -0.253. The number of aliphatic hydroxyl groups excluding tert-OH is 5. The molecule has 0 radical (unpaired) electrons. The van der Waals surface area contributed by atoms with E-state index in [2.05, 4.69) is 0 Å². The topological polar surface area (TPSA) is 249 Å². The zero-order chi connectivity index (χ0) is 29.1. The van der Waals surface area contributed by atoms with Gasteiger partial charge in [-0.05, 0) is 6.07 Å². The number of aromatic hydroxyl groups is 3. The second kappa shape index (κ2) is 10.3. The van der Waals surface area contributed by atoms with Crippen molar-refractivity contribution in [3.05, 3.63) is 34.0 Å². The highest BCUT2D eigenvalue weighted by atomic mass is 16.7. The van der Waals surface area contributed by atoms with E-state index in [0.717, 1.165) is 12.1 Å². The number of methoxy groups -OCH3 is 1. The summed E-state index contributed by atoms with van der Waals surface area (Å²) < 4.78 is 26.8. The number of aliphatic hydroxyl groups is 6. The molecule has 1 aromatic heterocycles. The van der Waals surface area contributed by atoms with Crippen LogP contribution >= 0.6 is 0 Å². The van der Waals surface area contributed by atoms with Crippen molar-refractivity contribution in [1.82, 2.24) is 0 Å². The molecule has 0 amide bonds. The van der Waals surface area contributed by atoms with Gasteiger partial charge < -0.3 is 69.3 Å². The molecular formula is C25H28O15. The Hall–Kier alpha value is -3.25. The number of phenolic OH excluding ortho intramolecular Hbond substituents is 3. The van der Waals surface area contributed by atoms with Gasteiger partial charge in [0.25, 0.3) is 0 Å². The van der Waals surface area contributed by atoms with Crippen molar-refractivity contribution in [2.45, 2.75) is 48.5 Å². The Morgan fingerprint density at radius 2 is 1.70 bits per heavy atom. The van der Waals surface area contributed by atoms with Crippen LogP contribution in [-0.4, -0.2) is 115 Å². The second-order valence-electron chi connectivity index (χ2n) is 9.77. The summed E-state index contributed by atoms with van der Waals surface area (Å²) >= 11 is 0. The van der Waals surface area contributed by atoms with Crippen molar-refractivity contribution in [3.8, 4) is 23.0 Å². The summed E-state index contributed by atoms with van der Waals surface area (Å²) in [6, 6.07) is 3.29. The molecule has 2 fully saturated rings. The number of rotatable bonds is 6. The Bertz CT molecular complexity index is 1490. The van der Waals surface area contributed by atoms with Gasteiger partial charge in [0.1, 0.15) is 70.3 Å². The lowest BCUT2D eigenvalue weighted by Crippen LogP contribution is -2.56. The van der Waals surface area contributed by atoms with Crippen molar-refractivity contribution in [3.63, 3.8) is 0 Å². The highest BCUT2D eigenvalue weighted by molar-refractivity contribution is 5.96. The number of fused-ring (bicyclic) bond motifs is 2. The Labute approximate surface area is 224 Å². The minimum absolute atomic E-state index is 0.0441. The number of phenols is 3. The highest BCUT2D eigenvalue weighted by Crippen LogP contribution is 2.45. The Kier molecular flexibility index (Phi) is 7.28. The first-order chi connectivity index (χ1) is 18.9. The van der Waals surface area contributed by atoms with E-state index in [1.807, 2.05) is 0 Å². The van der Waals surface area contributed by atoms with E-state index in [0.29, 0.717) is 0 Å². The first-order valence-electron chi connectivity index (χ1n) is 12.1. The molecule has 40 heavy (non-hydrogen) atoms. The van der Waals surface area contributed by atoms with Gasteiger partial charge in [-0.2, -0.15) is 0 Å². The fourth-order valence-corrected chi connectivity index (χ4v) is 4.91. The zero-order valence-electron chi connectivity index (χ0n) is 20.9. The molecular weight excluding hydrogens is 540 g/mol. The van der Waals surface area contributed by atoms with E-state index >= 15 is 0 Å². The van der Waals surface area contributed by atoms with Crippen molar-refractivity contribution < 1.29 is 69.3 Å². The molecule has 5 rings (SSSR count). The predicted octanol–water partition coefficient (Wildman–Crippen LogP) is -1.95. The van der Waals surface area contributed by atoms with Crippen LogP contribution in [0.15, 0.2) is 27.4 Å². The normalized spacial score (nSPS) is 32.6. The van der Waals surface area contributed by atoms with Crippen LogP contribution < -0.4 is 10.2 Å². The van der Waals surface area contributed by atoms with Crippen LogP contribution in [0.5, 0.6) is 23.0 Å². The molecule has 3 aromatic rings. The van der Waals surface area contributed by atoms with Gasteiger partial charge in [-0.1, -0.05) is 0 Å². The van der Waals surface area contributed by atoms with E-state index in [4.69, 9.17) is 23.4 Å². The summed E-state index contributed by atoms with van der Waals surface area (Å²) in [6.07, 6.45) is -11.8. The lowest BCUT2D eigenvalue weighted by Gasteiger charge is -2.41. The molecule has 0 saturated carbocycles. The van der Waals surface area contributed by atoms with Gasteiger partial charge in [0.15, 0.2) is 17.8 Å². The second-order valence-corrected chi connectivity index (χ2v) is 9.77. The summed E-state index contributed by atoms with van der Waals surface area (Å²) in [7, 11) is 1.27. The van der Waals surface area contributed by atoms with Crippen LogP contribution in [0.1, 0.15) is 11.7 Å². The standard InChI is InChI=1S/C25H28O15/c1-36-12-2-8-11(3-9(12)27)39-13-4-10(28)15(19(31)16(13)17(8)29)22-21(33)20(32)18(30)14(40-22)5-37-24-23(34)25(35,6-26)7-38-24/h2-4,14,18,20-24,26-28,30-35H,5-7H2,1H3/t14-,18-,20-,21-,22-,23+,24+,25+/m1/s1. The summed E-state index contributed by atoms with van der Waals surface area (Å²) in [6.45, 7) is -1.84. The number of hydrogen-bond acceptors (Lipinski definition) is 15. The smallest absolute Gasteiger partial charge is 0.204 e. The maximum absolute atomic E-state index is 13.3. The number of ether oxygens (including phenoxy) is 4. The van der Waals surface area contributed by atoms with Crippen LogP contribution in [-0.2, 0) is 14.2 Å². The Morgan fingerprint density at radius 1 is 1.00 bits per heavy atom. The minimum atomic E-state index is -1.98. The monoisotopic (exact) mass is 568 g/mol. The molecule has 2 aliphatic rings. The number of benzene rings is 2. The average Bonchev–Trinajstić information content (AvgIpc) is 3.21. The third kappa shape index (κ3) is 4.41. The molecule has 15 heteroatoms. The van der Waals surface area contributed by atoms with E-state index in [9.17, 15) is 50.8 Å². The highest BCUT2D eigenvalue weighted by Gasteiger charge is 2.50. The molecule has 2 aliphatic heterocycles. The van der Waals surface area contributed by atoms with Gasteiger partial charge in [-0.3, -0.25) is 4.79 Å². The Morgan fingerprint density at radius 3 is 2.35 bits per heavy atom. The lowest BCUT2D eigenvalue weighted by atomic mass is 9.89. The molecule has 2 aromatic carbocycles. The van der Waals surface area contributed by atoms with Crippen molar-refractivity contribution in [2.75, 3.05) is 26.9 Å². The van der Waals surface area contributed by atoms with Crippen molar-refractivity contribution >= 4 is 21.9 Å². The first kappa shape index (κ1) is 28.3. The van der Waals surface area contributed by atoms with E-state index in [1.165, 1.54) is 13.2 Å². The van der Waals surface area contributed by atoms with E-state index in [-0.39, 0.29) is 28.1 Å². The average molecular weight is 568 g/mol. The maximum Gasteiger partial charge on any atom is 0.204 e. The quantitative estimate of drug-likeness (QED) is 0.147. The molecule has 0 spiro atoms. The fourth-order valence-electron chi connectivity index (χ4n) is 4.91. The van der Waals surface area contributed by atoms with Crippen molar-refractivity contribution in [2.24, 2.45) is 0 Å². The Balaban J connectivity index is 1.51. The molecule has 0 bridgehead atoms. The van der Waals surface area contributed by atoms with Gasteiger partial charge >= 0.3 is 0 Å². The molecule has 9 N–H and O–H groups in total. The molecule has 0 unspecified atom stereocenters. The predicted molar refractivity (Wildman–Crippen MR) is 131 cm³/mol. The van der Waals surface area contributed by atoms with Crippen LogP contribution in [0, 0.1) is 0 Å². The van der Waals surface area contributed by atoms with Gasteiger partial charge in [-0.25, -0.2) is 0 Å². The summed E-state index contributed by atoms with van der Waals surface area (Å²) in [5.74, 6) is -1.90. The van der Waals surface area contributed by atoms with E-state index in [1.54, 1.807) is 0 Å². The third-order valence-electron chi connectivity index (χ3n) is 7.26. The molecule has 15 nitrogen and oxygen atoms in total. The molecule has 218 valence electrons. The molecule has 0 aliphatic carbocycles. The minimum Gasteiger partial charge on any atom is -0.507 e. The van der Waals surface area contributed by atoms with Crippen LogP contribution in [0.2, 0.25) is 0 Å². The summed E-state index contributed by atoms with van der Waals surface area (Å²) in [5, 5.41) is 92.6. The van der Waals surface area contributed by atoms with E-state index < -0.39 is 96.2 Å².